The number of amides is 2. The first-order valence-corrected chi connectivity index (χ1v) is 13.9. The van der Waals surface area contributed by atoms with Gasteiger partial charge < -0.3 is 15.2 Å². The molecule has 0 aromatic heterocycles. The van der Waals surface area contributed by atoms with E-state index in [0.717, 1.165) is 21.4 Å². The minimum atomic E-state index is -1.76. The van der Waals surface area contributed by atoms with E-state index in [-0.39, 0.29) is 47.2 Å². The predicted molar refractivity (Wildman–Crippen MR) is 156 cm³/mol. The van der Waals surface area contributed by atoms with Crippen LogP contribution in [-0.4, -0.2) is 45.7 Å². The second kappa shape index (κ2) is 9.47. The van der Waals surface area contributed by atoms with Gasteiger partial charge in [-0.2, -0.15) is 0 Å². The SMILES string of the molecule is CC1=CC(=O)C2=C(C1=O)[C@@H](c1ccc(O)c3ccccc13)C1=CC[C@@H]3C(=O)N(c4cccc(B(O)O)c4)C(=O)[C@@H]3[C@@H]1C2. The molecule has 0 unspecified atom stereocenters. The molecule has 2 amide bonds. The van der Waals surface area contributed by atoms with Crippen LogP contribution < -0.4 is 10.4 Å². The van der Waals surface area contributed by atoms with Gasteiger partial charge in [0.05, 0.1) is 17.5 Å². The average molecular weight is 559 g/mol. The summed E-state index contributed by atoms with van der Waals surface area (Å²) in [7, 11) is -1.76. The van der Waals surface area contributed by atoms with Crippen LogP contribution in [0.15, 0.2) is 95.1 Å². The zero-order chi connectivity index (χ0) is 29.4. The number of carbonyl (C=O) groups is 4. The number of phenols is 1. The lowest BCUT2D eigenvalue weighted by atomic mass is 9.59. The molecule has 8 nitrogen and oxygen atoms in total. The van der Waals surface area contributed by atoms with Gasteiger partial charge in [0.15, 0.2) is 11.6 Å². The minimum Gasteiger partial charge on any atom is -0.507 e. The molecular weight excluding hydrogens is 533 g/mol. The van der Waals surface area contributed by atoms with Crippen LogP contribution in [-0.2, 0) is 19.2 Å². The summed E-state index contributed by atoms with van der Waals surface area (Å²) in [6.45, 7) is 1.63. The van der Waals surface area contributed by atoms with E-state index in [4.69, 9.17) is 0 Å². The van der Waals surface area contributed by atoms with E-state index in [1.54, 1.807) is 37.3 Å². The summed E-state index contributed by atoms with van der Waals surface area (Å²) in [4.78, 5) is 56.0. The summed E-state index contributed by atoms with van der Waals surface area (Å²) in [6, 6.07) is 16.7. The quantitative estimate of drug-likeness (QED) is 0.195. The molecule has 1 saturated heterocycles. The van der Waals surface area contributed by atoms with Crippen LogP contribution in [0.4, 0.5) is 5.69 Å². The largest absolute Gasteiger partial charge is 0.507 e. The third-order valence-corrected chi connectivity index (χ3v) is 9.24. The molecule has 1 aliphatic heterocycles. The third-order valence-electron chi connectivity index (χ3n) is 9.24. The molecule has 3 aromatic rings. The van der Waals surface area contributed by atoms with Crippen LogP contribution in [0.1, 0.15) is 31.2 Å². The monoisotopic (exact) mass is 559 g/mol. The molecule has 0 spiro atoms. The number of aromatic hydroxyl groups is 1. The van der Waals surface area contributed by atoms with Gasteiger partial charge in [-0.25, -0.2) is 0 Å². The second-order valence-electron chi connectivity index (χ2n) is 11.4. The minimum absolute atomic E-state index is 0.0955. The van der Waals surface area contributed by atoms with Crippen molar-refractivity contribution in [3.63, 3.8) is 0 Å². The molecule has 0 bridgehead atoms. The fourth-order valence-electron chi connectivity index (χ4n) is 7.35. The summed E-state index contributed by atoms with van der Waals surface area (Å²) in [6.07, 6.45) is 3.75. The zero-order valence-electron chi connectivity index (χ0n) is 22.7. The summed E-state index contributed by atoms with van der Waals surface area (Å²) in [5.41, 5.74) is 3.09. The Morgan fingerprint density at radius 2 is 1.64 bits per heavy atom. The van der Waals surface area contributed by atoms with Gasteiger partial charge in [-0.1, -0.05) is 54.1 Å². The highest BCUT2D eigenvalue weighted by Gasteiger charge is 2.56. The number of imide groups is 1. The molecule has 1 fully saturated rings. The number of hydrogen-bond donors (Lipinski definition) is 3. The number of rotatable bonds is 3. The first-order valence-electron chi connectivity index (χ1n) is 13.9. The first kappa shape index (κ1) is 26.3. The lowest BCUT2D eigenvalue weighted by molar-refractivity contribution is -0.123. The highest BCUT2D eigenvalue weighted by molar-refractivity contribution is 6.58. The zero-order valence-corrected chi connectivity index (χ0v) is 22.7. The Labute approximate surface area is 241 Å². The van der Waals surface area contributed by atoms with Crippen molar-refractivity contribution in [1.29, 1.82) is 0 Å². The molecule has 1 heterocycles. The number of ketones is 2. The lowest BCUT2D eigenvalue weighted by Crippen LogP contribution is -2.40. The average Bonchev–Trinajstić information content (AvgIpc) is 3.25. The van der Waals surface area contributed by atoms with Crippen molar-refractivity contribution in [2.45, 2.75) is 25.7 Å². The number of phenolic OH excluding ortho intramolecular Hbond substituents is 1. The maximum atomic E-state index is 14.1. The summed E-state index contributed by atoms with van der Waals surface area (Å²) >= 11 is 0. The summed E-state index contributed by atoms with van der Waals surface area (Å²) < 4.78 is 0. The van der Waals surface area contributed by atoms with E-state index in [9.17, 15) is 34.3 Å². The molecular formula is C33H26BNO7. The maximum Gasteiger partial charge on any atom is 0.488 e. The van der Waals surface area contributed by atoms with Crippen molar-refractivity contribution in [2.24, 2.45) is 17.8 Å². The van der Waals surface area contributed by atoms with Crippen LogP contribution in [0.3, 0.4) is 0 Å². The molecule has 3 aromatic carbocycles. The Bertz CT molecular complexity index is 1850. The Balaban J connectivity index is 1.39. The van der Waals surface area contributed by atoms with Gasteiger partial charge >= 0.3 is 7.12 Å². The molecule has 0 radical (unpaired) electrons. The molecule has 42 heavy (non-hydrogen) atoms. The van der Waals surface area contributed by atoms with Crippen molar-refractivity contribution >= 4 is 52.4 Å². The van der Waals surface area contributed by atoms with E-state index in [1.807, 2.05) is 24.3 Å². The molecule has 9 heteroatoms. The Kier molecular flexibility index (Phi) is 5.94. The molecule has 7 rings (SSSR count). The van der Waals surface area contributed by atoms with Gasteiger partial charge in [-0.15, -0.1) is 0 Å². The van der Waals surface area contributed by atoms with Gasteiger partial charge in [-0.3, -0.25) is 24.1 Å². The topological polar surface area (TPSA) is 132 Å². The van der Waals surface area contributed by atoms with Crippen LogP contribution in [0.2, 0.25) is 0 Å². The van der Waals surface area contributed by atoms with Crippen LogP contribution in [0.5, 0.6) is 5.75 Å². The van der Waals surface area contributed by atoms with Crippen molar-refractivity contribution in [3.8, 4) is 5.75 Å². The highest BCUT2D eigenvalue weighted by atomic mass is 16.4. The van der Waals surface area contributed by atoms with E-state index in [1.165, 1.54) is 18.2 Å². The predicted octanol–water partition coefficient (Wildman–Crippen LogP) is 2.86. The standard InChI is InChI=1S/C33H26BNO7/c1-16-13-27(37)25-15-24-22(28(30(25)31(16)38)21-11-12-26(36)20-8-3-2-7-19(20)21)9-10-23-29(24)33(40)35(32(23)39)18-6-4-5-17(14-18)34(41)42/h2-9,11-14,23-24,28-29,36,41-42H,10,15H2,1H3/t23-,24+,28-,29-/m0/s1. The van der Waals surface area contributed by atoms with Gasteiger partial charge in [0.25, 0.3) is 0 Å². The molecule has 0 saturated carbocycles. The van der Waals surface area contributed by atoms with E-state index in [2.05, 4.69) is 0 Å². The number of allylic oxidation sites excluding steroid dienone is 6. The van der Waals surface area contributed by atoms with Gasteiger partial charge in [0.1, 0.15) is 5.75 Å². The van der Waals surface area contributed by atoms with Crippen molar-refractivity contribution in [1.82, 2.24) is 0 Å². The molecule has 208 valence electrons. The molecule has 4 atom stereocenters. The number of fused-ring (bicyclic) bond motifs is 4. The van der Waals surface area contributed by atoms with Gasteiger partial charge in [0, 0.05) is 28.0 Å². The Hall–Kier alpha value is -4.60. The Morgan fingerprint density at radius 1 is 0.881 bits per heavy atom. The lowest BCUT2D eigenvalue weighted by Gasteiger charge is -2.42. The van der Waals surface area contributed by atoms with Gasteiger partial charge in [-0.05, 0) is 66.4 Å². The van der Waals surface area contributed by atoms with Crippen molar-refractivity contribution in [3.05, 3.63) is 101 Å². The van der Waals surface area contributed by atoms with Crippen LogP contribution >= 0.6 is 0 Å². The number of hydrogen-bond acceptors (Lipinski definition) is 7. The number of anilines is 1. The maximum absolute atomic E-state index is 14.1. The fourth-order valence-corrected chi connectivity index (χ4v) is 7.35. The first-order chi connectivity index (χ1) is 20.2. The fraction of sp³-hybridized carbons (Fsp3) is 0.212. The smallest absolute Gasteiger partial charge is 0.488 e. The molecule has 3 aliphatic carbocycles. The third kappa shape index (κ3) is 3.70. The van der Waals surface area contributed by atoms with Crippen molar-refractivity contribution < 1.29 is 34.3 Å². The van der Waals surface area contributed by atoms with Gasteiger partial charge in [0.2, 0.25) is 11.8 Å². The van der Waals surface area contributed by atoms with E-state index in [0.29, 0.717) is 22.1 Å². The number of nitrogens with zero attached hydrogens (tertiary/aromatic N) is 1. The van der Waals surface area contributed by atoms with Crippen LogP contribution in [0.25, 0.3) is 10.8 Å². The highest BCUT2D eigenvalue weighted by Crippen LogP contribution is 2.56. The number of Topliss-reactive ketones (excluding diaryl/α,β-unsaturated/α-hetero) is 1. The van der Waals surface area contributed by atoms with E-state index < -0.39 is 36.7 Å². The summed E-state index contributed by atoms with van der Waals surface area (Å²) in [5.74, 6) is -3.72. The van der Waals surface area contributed by atoms with Crippen LogP contribution in [0, 0.1) is 17.8 Å². The second-order valence-corrected chi connectivity index (χ2v) is 11.4. The molecule has 4 aliphatic rings. The normalized spacial score (nSPS) is 25.3. The number of carbonyl (C=O) groups excluding carboxylic acids is 4. The number of benzene rings is 3. The van der Waals surface area contributed by atoms with Crippen molar-refractivity contribution in [2.75, 3.05) is 4.90 Å². The Morgan fingerprint density at radius 3 is 2.40 bits per heavy atom. The molecule has 3 N–H and O–H groups in total. The summed E-state index contributed by atoms with van der Waals surface area (Å²) in [5, 5.41) is 31.3. The van der Waals surface area contributed by atoms with E-state index >= 15 is 0 Å².